The highest BCUT2D eigenvalue weighted by atomic mass is 16.6. The van der Waals surface area contributed by atoms with Crippen molar-refractivity contribution >= 4 is 5.91 Å². The predicted octanol–water partition coefficient (Wildman–Crippen LogP) is 1.77. The Balaban J connectivity index is 1.51. The van der Waals surface area contributed by atoms with Gasteiger partial charge in [0.15, 0.2) is 11.5 Å². The van der Waals surface area contributed by atoms with Crippen molar-refractivity contribution in [3.05, 3.63) is 24.3 Å². The molecule has 120 valence electrons. The summed E-state index contributed by atoms with van der Waals surface area (Å²) in [7, 11) is 2.14. The number of fused-ring (bicyclic) bond motifs is 1. The van der Waals surface area contributed by atoms with Crippen LogP contribution in [0.25, 0.3) is 0 Å². The molecular weight excluding hydrogens is 280 g/mol. The average molecular weight is 304 g/mol. The highest BCUT2D eigenvalue weighted by Crippen LogP contribution is 2.31. The number of likely N-dealkylation sites (N-methyl/N-ethyl adjacent to an activating group) is 1. The summed E-state index contributed by atoms with van der Waals surface area (Å²) in [6.07, 6.45) is 2.12. The smallest absolute Gasteiger partial charge is 0.219 e. The van der Waals surface area contributed by atoms with Gasteiger partial charge < -0.3 is 14.4 Å². The second-order valence-electron chi connectivity index (χ2n) is 6.17. The van der Waals surface area contributed by atoms with Crippen LogP contribution in [0.1, 0.15) is 19.8 Å². The molecule has 1 saturated heterocycles. The van der Waals surface area contributed by atoms with Gasteiger partial charge >= 0.3 is 0 Å². The summed E-state index contributed by atoms with van der Waals surface area (Å²) in [5, 5.41) is 0. The van der Waals surface area contributed by atoms with Gasteiger partial charge in [0.2, 0.25) is 5.91 Å². The third kappa shape index (κ3) is 3.35. The van der Waals surface area contributed by atoms with Gasteiger partial charge in [-0.25, -0.2) is 0 Å². The Morgan fingerprint density at radius 3 is 2.64 bits per heavy atom. The lowest BCUT2D eigenvalue weighted by molar-refractivity contribution is -0.130. The highest BCUT2D eigenvalue weighted by molar-refractivity contribution is 5.73. The largest absolute Gasteiger partial charge is 0.486 e. The molecule has 1 fully saturated rings. The number of carbonyl (C=O) groups is 1. The maximum Gasteiger partial charge on any atom is 0.219 e. The molecule has 1 amide bonds. The van der Waals surface area contributed by atoms with Crippen LogP contribution in [0, 0.1) is 0 Å². The second-order valence-corrected chi connectivity index (χ2v) is 6.17. The number of likely N-dealkylation sites (tertiary alicyclic amines) is 1. The molecule has 0 spiro atoms. The van der Waals surface area contributed by atoms with Gasteiger partial charge in [-0.15, -0.1) is 0 Å². The minimum absolute atomic E-state index is 0.0609. The predicted molar refractivity (Wildman–Crippen MR) is 84.3 cm³/mol. The standard InChI is InChI=1S/C17H24N2O3/c1-13(20)19-9-7-14(8-10-19)18(2)11-15-12-21-16-5-3-4-6-17(16)22-15/h3-6,14-15H,7-12H2,1-2H3. The summed E-state index contributed by atoms with van der Waals surface area (Å²) < 4.78 is 11.8. The Bertz CT molecular complexity index is 526. The molecule has 3 rings (SSSR count). The lowest BCUT2D eigenvalue weighted by Crippen LogP contribution is -2.48. The molecule has 0 saturated carbocycles. The summed E-state index contributed by atoms with van der Waals surface area (Å²) >= 11 is 0. The SMILES string of the molecule is CC(=O)N1CCC(N(C)CC2COc3ccccc3O2)CC1. The third-order valence-corrected chi connectivity index (χ3v) is 4.59. The van der Waals surface area contributed by atoms with Gasteiger partial charge in [0.05, 0.1) is 0 Å². The quantitative estimate of drug-likeness (QED) is 0.853. The molecule has 5 heteroatoms. The van der Waals surface area contributed by atoms with Crippen molar-refractivity contribution in [1.29, 1.82) is 0 Å². The monoisotopic (exact) mass is 304 g/mol. The van der Waals surface area contributed by atoms with Crippen molar-refractivity contribution in [1.82, 2.24) is 9.80 Å². The van der Waals surface area contributed by atoms with Crippen molar-refractivity contribution in [2.24, 2.45) is 0 Å². The van der Waals surface area contributed by atoms with E-state index in [2.05, 4.69) is 11.9 Å². The lowest BCUT2D eigenvalue weighted by Gasteiger charge is -2.38. The Hall–Kier alpha value is -1.75. The average Bonchev–Trinajstić information content (AvgIpc) is 2.55. The molecule has 0 radical (unpaired) electrons. The molecule has 2 aliphatic heterocycles. The summed E-state index contributed by atoms with van der Waals surface area (Å²) in [4.78, 5) is 15.7. The Morgan fingerprint density at radius 1 is 1.27 bits per heavy atom. The Morgan fingerprint density at radius 2 is 1.95 bits per heavy atom. The van der Waals surface area contributed by atoms with Gasteiger partial charge in [0.25, 0.3) is 0 Å². The van der Waals surface area contributed by atoms with E-state index in [1.54, 1.807) is 6.92 Å². The first kappa shape index (κ1) is 15.2. The lowest BCUT2D eigenvalue weighted by atomic mass is 10.0. The van der Waals surface area contributed by atoms with Crippen LogP contribution in [0.15, 0.2) is 24.3 Å². The minimum Gasteiger partial charge on any atom is -0.486 e. The van der Waals surface area contributed by atoms with Crippen molar-refractivity contribution < 1.29 is 14.3 Å². The number of benzene rings is 1. The highest BCUT2D eigenvalue weighted by Gasteiger charge is 2.27. The summed E-state index contributed by atoms with van der Waals surface area (Å²) in [5.41, 5.74) is 0. The fourth-order valence-corrected chi connectivity index (χ4v) is 3.24. The molecule has 22 heavy (non-hydrogen) atoms. The van der Waals surface area contributed by atoms with Crippen molar-refractivity contribution in [3.8, 4) is 11.5 Å². The van der Waals surface area contributed by atoms with E-state index >= 15 is 0 Å². The molecular formula is C17H24N2O3. The first-order valence-corrected chi connectivity index (χ1v) is 7.97. The number of carbonyl (C=O) groups excluding carboxylic acids is 1. The van der Waals surface area contributed by atoms with Gasteiger partial charge in [0, 0.05) is 32.6 Å². The molecule has 0 aliphatic carbocycles. The van der Waals surface area contributed by atoms with Crippen LogP contribution in [0.2, 0.25) is 0 Å². The minimum atomic E-state index is 0.0609. The zero-order valence-corrected chi connectivity index (χ0v) is 13.3. The van der Waals surface area contributed by atoms with Crippen LogP contribution in [0.3, 0.4) is 0 Å². The van der Waals surface area contributed by atoms with E-state index in [-0.39, 0.29) is 12.0 Å². The molecule has 0 N–H and O–H groups in total. The van der Waals surface area contributed by atoms with Crippen LogP contribution in [-0.4, -0.2) is 61.1 Å². The second kappa shape index (κ2) is 6.57. The third-order valence-electron chi connectivity index (χ3n) is 4.59. The zero-order valence-electron chi connectivity index (χ0n) is 13.3. The van der Waals surface area contributed by atoms with Crippen LogP contribution < -0.4 is 9.47 Å². The van der Waals surface area contributed by atoms with Crippen molar-refractivity contribution in [3.63, 3.8) is 0 Å². The molecule has 2 aliphatic rings. The van der Waals surface area contributed by atoms with Gasteiger partial charge in [-0.1, -0.05) is 12.1 Å². The maximum absolute atomic E-state index is 11.4. The van der Waals surface area contributed by atoms with Crippen molar-refractivity contribution in [2.45, 2.75) is 31.9 Å². The number of hydrogen-bond acceptors (Lipinski definition) is 4. The molecule has 0 bridgehead atoms. The van der Waals surface area contributed by atoms with Crippen LogP contribution in [0.4, 0.5) is 0 Å². The van der Waals surface area contributed by atoms with E-state index in [0.717, 1.165) is 44.0 Å². The van der Waals surface area contributed by atoms with Gasteiger partial charge in [0.1, 0.15) is 12.7 Å². The summed E-state index contributed by atoms with van der Waals surface area (Å²) in [6.45, 7) is 4.80. The number of para-hydroxylation sites is 2. The van der Waals surface area contributed by atoms with E-state index in [1.807, 2.05) is 29.2 Å². The number of amides is 1. The number of piperidine rings is 1. The topological polar surface area (TPSA) is 42.0 Å². The fraction of sp³-hybridized carbons (Fsp3) is 0.588. The number of ether oxygens (including phenoxy) is 2. The van der Waals surface area contributed by atoms with E-state index in [0.29, 0.717) is 12.6 Å². The van der Waals surface area contributed by atoms with Gasteiger partial charge in [-0.05, 0) is 32.0 Å². The summed E-state index contributed by atoms with van der Waals surface area (Å²) in [5.74, 6) is 1.84. The molecule has 5 nitrogen and oxygen atoms in total. The zero-order chi connectivity index (χ0) is 15.5. The number of nitrogens with zero attached hydrogens (tertiary/aromatic N) is 2. The van der Waals surface area contributed by atoms with E-state index in [1.165, 1.54) is 0 Å². The Labute approximate surface area is 131 Å². The molecule has 0 aromatic heterocycles. The molecule has 1 unspecified atom stereocenters. The van der Waals surface area contributed by atoms with E-state index < -0.39 is 0 Å². The Kier molecular flexibility index (Phi) is 4.52. The number of hydrogen-bond donors (Lipinski definition) is 0. The summed E-state index contributed by atoms with van der Waals surface area (Å²) in [6, 6.07) is 8.32. The van der Waals surface area contributed by atoms with E-state index in [9.17, 15) is 4.79 Å². The van der Waals surface area contributed by atoms with Crippen LogP contribution in [0.5, 0.6) is 11.5 Å². The first-order valence-electron chi connectivity index (χ1n) is 7.97. The fourth-order valence-electron chi connectivity index (χ4n) is 3.24. The van der Waals surface area contributed by atoms with Crippen LogP contribution >= 0.6 is 0 Å². The van der Waals surface area contributed by atoms with Gasteiger partial charge in [-0.2, -0.15) is 0 Å². The molecule has 2 heterocycles. The molecule has 1 aromatic rings. The van der Waals surface area contributed by atoms with Crippen LogP contribution in [-0.2, 0) is 4.79 Å². The van der Waals surface area contributed by atoms with E-state index in [4.69, 9.17) is 9.47 Å². The maximum atomic E-state index is 11.4. The van der Waals surface area contributed by atoms with Gasteiger partial charge in [-0.3, -0.25) is 9.69 Å². The molecule has 1 aromatic carbocycles. The number of rotatable bonds is 3. The molecule has 1 atom stereocenters. The first-order chi connectivity index (χ1) is 10.6. The van der Waals surface area contributed by atoms with Crippen molar-refractivity contribution in [2.75, 3.05) is 33.3 Å². The normalized spacial score (nSPS) is 22.0.